The van der Waals surface area contributed by atoms with E-state index in [0.29, 0.717) is 0 Å². The third kappa shape index (κ3) is 2.22. The maximum absolute atomic E-state index is 4.10. The Morgan fingerprint density at radius 3 is 3.12 bits per heavy atom. The second-order valence-corrected chi connectivity index (χ2v) is 4.69. The van der Waals surface area contributed by atoms with E-state index in [9.17, 15) is 0 Å². The monoisotopic (exact) mass is 228 g/mol. The number of hydrogen-bond acceptors (Lipinski definition) is 3. The molecule has 0 unspecified atom stereocenters. The third-order valence-electron chi connectivity index (χ3n) is 3.30. The van der Waals surface area contributed by atoms with Crippen LogP contribution in [0, 0.1) is 6.92 Å². The van der Waals surface area contributed by atoms with Gasteiger partial charge >= 0.3 is 0 Å². The summed E-state index contributed by atoms with van der Waals surface area (Å²) in [5.41, 5.74) is 5.32. The Labute approximate surface area is 101 Å². The molecule has 1 aromatic carbocycles. The molecule has 0 atom stereocenters. The van der Waals surface area contributed by atoms with Gasteiger partial charge in [0.2, 0.25) is 0 Å². The van der Waals surface area contributed by atoms with Crippen molar-refractivity contribution in [2.75, 3.05) is 6.54 Å². The molecule has 0 aliphatic carbocycles. The Kier molecular flexibility index (Phi) is 2.65. The molecule has 2 heterocycles. The summed E-state index contributed by atoms with van der Waals surface area (Å²) in [4.78, 5) is 2.41. The van der Waals surface area contributed by atoms with Gasteiger partial charge in [-0.1, -0.05) is 23.8 Å². The Hall–Kier alpha value is -1.68. The molecule has 0 bridgehead atoms. The van der Waals surface area contributed by atoms with Gasteiger partial charge in [-0.15, -0.1) is 0 Å². The summed E-state index contributed by atoms with van der Waals surface area (Å²) in [7, 11) is 0. The molecule has 0 amide bonds. The number of hydrogen-bond donors (Lipinski definition) is 1. The maximum atomic E-state index is 4.10. The number of nitrogens with one attached hydrogen (secondary N) is 1. The van der Waals surface area contributed by atoms with E-state index in [2.05, 4.69) is 45.4 Å². The van der Waals surface area contributed by atoms with Gasteiger partial charge in [0.15, 0.2) is 0 Å². The predicted molar refractivity (Wildman–Crippen MR) is 65.4 cm³/mol. The summed E-state index contributed by atoms with van der Waals surface area (Å²) in [6, 6.07) is 6.75. The summed E-state index contributed by atoms with van der Waals surface area (Å²) in [6.07, 6.45) is 2.93. The maximum Gasteiger partial charge on any atom is 0.0964 e. The van der Waals surface area contributed by atoms with Crippen molar-refractivity contribution in [1.29, 1.82) is 0 Å². The molecule has 1 aliphatic rings. The number of H-pyrrole nitrogens is 1. The van der Waals surface area contributed by atoms with Crippen LogP contribution in [0.3, 0.4) is 0 Å². The minimum atomic E-state index is 0.879. The van der Waals surface area contributed by atoms with E-state index < -0.39 is 0 Å². The van der Waals surface area contributed by atoms with Crippen molar-refractivity contribution in [3.8, 4) is 0 Å². The molecule has 1 N–H and O–H groups in total. The van der Waals surface area contributed by atoms with Crippen LogP contribution in [-0.4, -0.2) is 26.9 Å². The number of benzene rings is 1. The molecule has 3 rings (SSSR count). The highest BCUT2D eigenvalue weighted by Crippen LogP contribution is 2.21. The quantitative estimate of drug-likeness (QED) is 0.850. The highest BCUT2D eigenvalue weighted by atomic mass is 15.3. The number of aromatic nitrogens is 3. The van der Waals surface area contributed by atoms with Crippen LogP contribution < -0.4 is 0 Å². The molecule has 0 spiro atoms. The molecule has 2 aromatic rings. The second kappa shape index (κ2) is 4.30. The van der Waals surface area contributed by atoms with Crippen LogP contribution in [0.5, 0.6) is 0 Å². The number of aryl methyl sites for hydroxylation is 1. The van der Waals surface area contributed by atoms with Crippen molar-refractivity contribution in [3.05, 3.63) is 46.8 Å². The van der Waals surface area contributed by atoms with Crippen molar-refractivity contribution in [2.24, 2.45) is 0 Å². The Bertz CT molecular complexity index is 504. The van der Waals surface area contributed by atoms with E-state index in [1.165, 1.54) is 16.7 Å². The van der Waals surface area contributed by atoms with Gasteiger partial charge in [0.1, 0.15) is 0 Å². The molecule has 0 saturated carbocycles. The molecule has 0 saturated heterocycles. The number of rotatable bonds is 2. The summed E-state index contributed by atoms with van der Waals surface area (Å²) >= 11 is 0. The molecule has 1 aliphatic heterocycles. The first-order valence-electron chi connectivity index (χ1n) is 5.97. The van der Waals surface area contributed by atoms with Gasteiger partial charge in [0, 0.05) is 19.6 Å². The fourth-order valence-corrected chi connectivity index (χ4v) is 2.41. The summed E-state index contributed by atoms with van der Waals surface area (Å²) in [5, 5.41) is 10.6. The summed E-state index contributed by atoms with van der Waals surface area (Å²) in [6.45, 7) is 5.15. The molecule has 1 aromatic heterocycles. The first-order valence-corrected chi connectivity index (χ1v) is 5.97. The van der Waals surface area contributed by atoms with Crippen LogP contribution in [-0.2, 0) is 19.5 Å². The van der Waals surface area contributed by atoms with Gasteiger partial charge in [0.25, 0.3) is 0 Å². The number of nitrogens with zero attached hydrogens (tertiary/aromatic N) is 3. The zero-order valence-electron chi connectivity index (χ0n) is 9.98. The molecule has 4 heteroatoms. The lowest BCUT2D eigenvalue weighted by molar-refractivity contribution is 0.242. The van der Waals surface area contributed by atoms with E-state index in [1.807, 2.05) is 0 Å². The zero-order chi connectivity index (χ0) is 11.7. The highest BCUT2D eigenvalue weighted by Gasteiger charge is 2.16. The van der Waals surface area contributed by atoms with Crippen LogP contribution in [0.2, 0.25) is 0 Å². The standard InChI is InChI=1S/C13H16N4/c1-10-2-3-12-8-17(5-4-11(12)6-10)9-13-7-14-16-15-13/h2-3,6-7H,4-5,8-9H2,1H3,(H,14,15,16). The molecule has 88 valence electrons. The van der Waals surface area contributed by atoms with Gasteiger partial charge < -0.3 is 0 Å². The fraction of sp³-hybridized carbons (Fsp3) is 0.385. The molecular formula is C13H16N4. The van der Waals surface area contributed by atoms with Gasteiger partial charge in [-0.2, -0.15) is 15.4 Å². The van der Waals surface area contributed by atoms with Gasteiger partial charge in [0.05, 0.1) is 11.9 Å². The lowest BCUT2D eigenvalue weighted by Gasteiger charge is -2.28. The fourth-order valence-electron chi connectivity index (χ4n) is 2.41. The molecule has 4 nitrogen and oxygen atoms in total. The lowest BCUT2D eigenvalue weighted by atomic mass is 9.97. The largest absolute Gasteiger partial charge is 0.293 e. The predicted octanol–water partition coefficient (Wildman–Crippen LogP) is 1.67. The van der Waals surface area contributed by atoms with E-state index in [-0.39, 0.29) is 0 Å². The summed E-state index contributed by atoms with van der Waals surface area (Å²) < 4.78 is 0. The SMILES string of the molecule is Cc1ccc2c(c1)CCN(Cc1cn[nH]n1)C2. The van der Waals surface area contributed by atoms with E-state index in [0.717, 1.165) is 31.7 Å². The average molecular weight is 228 g/mol. The van der Waals surface area contributed by atoms with Crippen molar-refractivity contribution in [3.63, 3.8) is 0 Å². The normalized spacial score (nSPS) is 15.8. The van der Waals surface area contributed by atoms with Crippen LogP contribution in [0.4, 0.5) is 0 Å². The van der Waals surface area contributed by atoms with E-state index in [1.54, 1.807) is 6.20 Å². The Morgan fingerprint density at radius 1 is 1.35 bits per heavy atom. The minimum absolute atomic E-state index is 0.879. The van der Waals surface area contributed by atoms with E-state index in [4.69, 9.17) is 0 Å². The summed E-state index contributed by atoms with van der Waals surface area (Å²) in [5.74, 6) is 0. The number of aromatic amines is 1. The molecule has 17 heavy (non-hydrogen) atoms. The number of fused-ring (bicyclic) bond motifs is 1. The van der Waals surface area contributed by atoms with Crippen LogP contribution >= 0.6 is 0 Å². The minimum Gasteiger partial charge on any atom is -0.293 e. The van der Waals surface area contributed by atoms with Crippen molar-refractivity contribution in [2.45, 2.75) is 26.4 Å². The van der Waals surface area contributed by atoms with Gasteiger partial charge in [-0.25, -0.2) is 0 Å². The van der Waals surface area contributed by atoms with Crippen LogP contribution in [0.1, 0.15) is 22.4 Å². The van der Waals surface area contributed by atoms with Crippen molar-refractivity contribution < 1.29 is 0 Å². The Balaban J connectivity index is 1.74. The van der Waals surface area contributed by atoms with E-state index >= 15 is 0 Å². The zero-order valence-corrected chi connectivity index (χ0v) is 9.98. The second-order valence-electron chi connectivity index (χ2n) is 4.69. The molecular weight excluding hydrogens is 212 g/mol. The average Bonchev–Trinajstić information content (AvgIpc) is 2.82. The first-order chi connectivity index (χ1) is 8.31. The van der Waals surface area contributed by atoms with Crippen molar-refractivity contribution >= 4 is 0 Å². The molecule has 0 fully saturated rings. The van der Waals surface area contributed by atoms with Crippen LogP contribution in [0.15, 0.2) is 24.4 Å². The Morgan fingerprint density at radius 2 is 2.29 bits per heavy atom. The molecule has 0 radical (unpaired) electrons. The van der Waals surface area contributed by atoms with Gasteiger partial charge in [-0.3, -0.25) is 4.90 Å². The van der Waals surface area contributed by atoms with Crippen molar-refractivity contribution in [1.82, 2.24) is 20.3 Å². The topological polar surface area (TPSA) is 44.8 Å². The third-order valence-corrected chi connectivity index (χ3v) is 3.30. The lowest BCUT2D eigenvalue weighted by Crippen LogP contribution is -2.30. The van der Waals surface area contributed by atoms with Gasteiger partial charge in [-0.05, 0) is 24.5 Å². The van der Waals surface area contributed by atoms with Crippen LogP contribution in [0.25, 0.3) is 0 Å². The first kappa shape index (κ1) is 10.5. The smallest absolute Gasteiger partial charge is 0.0964 e. The highest BCUT2D eigenvalue weighted by molar-refractivity contribution is 5.33.